The van der Waals surface area contributed by atoms with Crippen LogP contribution in [0.25, 0.3) is 0 Å². The number of hydrogen-bond acceptors (Lipinski definition) is 9. The highest BCUT2D eigenvalue weighted by Crippen LogP contribution is 2.35. The molecule has 5 rings (SSSR count). The molecular formula is C31H37ClFN3O7. The number of hydrogen-bond donors (Lipinski definition) is 5. The fourth-order valence-electron chi connectivity index (χ4n) is 6.13. The molecular weight excluding hydrogens is 581 g/mol. The third-order valence-corrected chi connectivity index (χ3v) is 8.93. The Kier molecular flexibility index (Phi) is 10.2. The van der Waals surface area contributed by atoms with E-state index >= 15 is 0 Å². The van der Waals surface area contributed by atoms with Crippen molar-refractivity contribution in [3.05, 3.63) is 64.2 Å². The van der Waals surface area contributed by atoms with Gasteiger partial charge in [0.15, 0.2) is 0 Å². The van der Waals surface area contributed by atoms with Crippen LogP contribution in [-0.4, -0.2) is 99.7 Å². The van der Waals surface area contributed by atoms with Gasteiger partial charge in [-0.25, -0.2) is 4.39 Å². The molecule has 1 aliphatic carbocycles. The lowest BCUT2D eigenvalue weighted by atomic mass is 9.90. The van der Waals surface area contributed by atoms with Crippen molar-refractivity contribution >= 4 is 17.5 Å². The molecule has 1 amide bonds. The molecule has 3 aliphatic rings. The summed E-state index contributed by atoms with van der Waals surface area (Å²) < 4.78 is 25.5. The van der Waals surface area contributed by atoms with Crippen molar-refractivity contribution in [1.29, 1.82) is 5.26 Å². The Morgan fingerprint density at radius 2 is 1.88 bits per heavy atom. The number of nitrogens with one attached hydrogen (secondary N) is 1. The van der Waals surface area contributed by atoms with E-state index in [1.54, 1.807) is 18.2 Å². The summed E-state index contributed by atoms with van der Waals surface area (Å²) in [5.74, 6) is 0.458. The monoisotopic (exact) mass is 617 g/mol. The van der Waals surface area contributed by atoms with Crippen LogP contribution in [0.4, 0.5) is 4.39 Å². The van der Waals surface area contributed by atoms with Crippen LogP contribution in [0.1, 0.15) is 48.5 Å². The smallest absolute Gasteiger partial charge is 0.237 e. The molecule has 0 aromatic heterocycles. The number of ether oxygens (including phenoxy) is 2. The lowest BCUT2D eigenvalue weighted by Gasteiger charge is -2.40. The van der Waals surface area contributed by atoms with Gasteiger partial charge in [0.1, 0.15) is 54.6 Å². The Hall–Kier alpha value is -2.82. The third kappa shape index (κ3) is 7.29. The number of alkyl halides is 1. The lowest BCUT2D eigenvalue weighted by Crippen LogP contribution is -2.55. The minimum absolute atomic E-state index is 0.0167. The molecule has 9 atom stereocenters. The zero-order chi connectivity index (χ0) is 30.7. The number of halogens is 2. The third-order valence-electron chi connectivity index (χ3n) is 8.56. The standard InChI is InChI=1S/C31H37ClFN3O7/c32-25-8-3-18(31-30(41)29(40)28(39)26(16-37)43-31)10-19(25)9-17-1-5-23(6-2-17)42-24-7-4-21(12-24)35-14-27(38)36-15-20(33)11-22(36)13-34/h1-3,5-6,8,10,20-22,24,26,28-31,35,37,39-41H,4,7,9,11-12,14-16H2/t20-,21-,22-,24+,26+,28+,29-,30+,31-/m0/s1. The van der Waals surface area contributed by atoms with Gasteiger partial charge in [0.05, 0.1) is 25.8 Å². The zero-order valence-electron chi connectivity index (χ0n) is 23.6. The van der Waals surface area contributed by atoms with Crippen LogP contribution in [0, 0.1) is 11.3 Å². The summed E-state index contributed by atoms with van der Waals surface area (Å²) in [7, 11) is 0. The summed E-state index contributed by atoms with van der Waals surface area (Å²) in [6.07, 6.45) is -4.43. The van der Waals surface area contributed by atoms with Crippen molar-refractivity contribution in [2.45, 2.75) is 87.0 Å². The minimum Gasteiger partial charge on any atom is -0.490 e. The van der Waals surface area contributed by atoms with E-state index in [1.807, 2.05) is 30.3 Å². The largest absolute Gasteiger partial charge is 0.490 e. The normalized spacial score (nSPS) is 32.5. The molecule has 10 nitrogen and oxygen atoms in total. The molecule has 2 aliphatic heterocycles. The summed E-state index contributed by atoms with van der Waals surface area (Å²) >= 11 is 6.47. The molecule has 3 fully saturated rings. The summed E-state index contributed by atoms with van der Waals surface area (Å²) in [6, 6.07) is 14.2. The maximum atomic E-state index is 13.6. The van der Waals surface area contributed by atoms with E-state index in [9.17, 15) is 34.9 Å². The fourth-order valence-corrected chi connectivity index (χ4v) is 6.32. The lowest BCUT2D eigenvalue weighted by molar-refractivity contribution is -0.231. The highest BCUT2D eigenvalue weighted by atomic mass is 35.5. The summed E-state index contributed by atoms with van der Waals surface area (Å²) in [6.45, 7) is -0.462. The number of aliphatic hydroxyl groups excluding tert-OH is 4. The molecule has 1 saturated carbocycles. The number of benzene rings is 2. The number of likely N-dealkylation sites (tertiary alicyclic amines) is 1. The van der Waals surface area contributed by atoms with E-state index < -0.39 is 49.3 Å². The van der Waals surface area contributed by atoms with Crippen LogP contribution in [0.2, 0.25) is 5.02 Å². The van der Waals surface area contributed by atoms with Gasteiger partial charge in [-0.1, -0.05) is 35.9 Å². The van der Waals surface area contributed by atoms with E-state index in [-0.39, 0.29) is 37.6 Å². The van der Waals surface area contributed by atoms with Gasteiger partial charge < -0.3 is 40.1 Å². The Labute approximate surface area is 254 Å². The van der Waals surface area contributed by atoms with Crippen LogP contribution in [0.3, 0.4) is 0 Å². The first-order valence-corrected chi connectivity index (χ1v) is 15.0. The maximum absolute atomic E-state index is 13.6. The van der Waals surface area contributed by atoms with E-state index in [4.69, 9.17) is 21.1 Å². The predicted octanol–water partition coefficient (Wildman–Crippen LogP) is 1.80. The highest BCUT2D eigenvalue weighted by Gasteiger charge is 2.44. The average Bonchev–Trinajstić information content (AvgIpc) is 3.62. The molecule has 2 aromatic carbocycles. The number of carbonyl (C=O) groups is 1. The quantitative estimate of drug-likeness (QED) is 0.283. The fraction of sp³-hybridized carbons (Fsp3) is 0.548. The summed E-state index contributed by atoms with van der Waals surface area (Å²) in [5, 5.41) is 53.2. The van der Waals surface area contributed by atoms with Crippen molar-refractivity contribution in [2.24, 2.45) is 0 Å². The number of amides is 1. The second kappa shape index (κ2) is 13.9. The minimum atomic E-state index is -1.46. The molecule has 5 N–H and O–H groups in total. The van der Waals surface area contributed by atoms with Gasteiger partial charge in [-0.3, -0.25) is 4.79 Å². The van der Waals surface area contributed by atoms with Gasteiger partial charge in [0.2, 0.25) is 5.91 Å². The number of nitrogens with zero attached hydrogens (tertiary/aromatic N) is 2. The number of rotatable bonds is 9. The van der Waals surface area contributed by atoms with Gasteiger partial charge in [-0.15, -0.1) is 0 Å². The van der Waals surface area contributed by atoms with Gasteiger partial charge in [0, 0.05) is 17.5 Å². The molecule has 2 saturated heterocycles. The molecule has 0 spiro atoms. The second-order valence-electron chi connectivity index (χ2n) is 11.6. The van der Waals surface area contributed by atoms with E-state index in [0.29, 0.717) is 17.0 Å². The first kappa shape index (κ1) is 31.6. The molecule has 0 radical (unpaired) electrons. The van der Waals surface area contributed by atoms with Gasteiger partial charge in [0.25, 0.3) is 0 Å². The van der Waals surface area contributed by atoms with Crippen LogP contribution in [0.5, 0.6) is 5.75 Å². The number of nitriles is 1. The Balaban J connectivity index is 1.13. The van der Waals surface area contributed by atoms with Crippen molar-refractivity contribution in [1.82, 2.24) is 10.2 Å². The van der Waals surface area contributed by atoms with Crippen LogP contribution >= 0.6 is 11.6 Å². The van der Waals surface area contributed by atoms with E-state index in [1.165, 1.54) is 4.90 Å². The van der Waals surface area contributed by atoms with Gasteiger partial charge in [-0.2, -0.15) is 5.26 Å². The van der Waals surface area contributed by atoms with Crippen LogP contribution in [0.15, 0.2) is 42.5 Å². The summed E-state index contributed by atoms with van der Waals surface area (Å²) in [5.41, 5.74) is 2.32. The van der Waals surface area contributed by atoms with Crippen molar-refractivity contribution < 1.29 is 39.1 Å². The molecule has 0 unspecified atom stereocenters. The SMILES string of the molecule is N#C[C@@H]1C[C@H](F)CN1C(=O)CN[C@H]1CC[C@@H](Oc2ccc(Cc3cc([C@@H]4O[C@H](CO)[C@@H](O)[C@H](O)[C@H]4O)ccc3Cl)cc2)C1. The average molecular weight is 618 g/mol. The number of carbonyl (C=O) groups excluding carboxylic acids is 1. The first-order chi connectivity index (χ1) is 20.7. The van der Waals surface area contributed by atoms with E-state index in [0.717, 1.165) is 36.1 Å². The van der Waals surface area contributed by atoms with Crippen molar-refractivity contribution in [2.75, 3.05) is 19.7 Å². The van der Waals surface area contributed by atoms with Crippen LogP contribution in [-0.2, 0) is 16.0 Å². The van der Waals surface area contributed by atoms with Crippen LogP contribution < -0.4 is 10.1 Å². The first-order valence-electron chi connectivity index (χ1n) is 14.6. The molecule has 2 aromatic rings. The molecule has 2 heterocycles. The topological polar surface area (TPSA) is 156 Å². The molecule has 12 heteroatoms. The Morgan fingerprint density at radius 1 is 1.12 bits per heavy atom. The highest BCUT2D eigenvalue weighted by molar-refractivity contribution is 6.31. The molecule has 43 heavy (non-hydrogen) atoms. The predicted molar refractivity (Wildman–Crippen MR) is 154 cm³/mol. The zero-order valence-corrected chi connectivity index (χ0v) is 24.3. The van der Waals surface area contributed by atoms with Gasteiger partial charge >= 0.3 is 0 Å². The van der Waals surface area contributed by atoms with Crippen molar-refractivity contribution in [3.8, 4) is 11.8 Å². The number of aliphatic hydroxyl groups is 4. The second-order valence-corrected chi connectivity index (χ2v) is 12.0. The summed E-state index contributed by atoms with van der Waals surface area (Å²) in [4.78, 5) is 13.8. The Morgan fingerprint density at radius 3 is 2.60 bits per heavy atom. The van der Waals surface area contributed by atoms with E-state index in [2.05, 4.69) is 5.32 Å². The Bertz CT molecular complexity index is 1310. The van der Waals surface area contributed by atoms with Gasteiger partial charge in [-0.05, 0) is 60.6 Å². The molecule has 0 bridgehead atoms. The maximum Gasteiger partial charge on any atom is 0.237 e. The molecule has 232 valence electrons. The van der Waals surface area contributed by atoms with Crippen molar-refractivity contribution in [3.63, 3.8) is 0 Å².